The van der Waals surface area contributed by atoms with E-state index in [0.29, 0.717) is 0 Å². The third-order valence-electron chi connectivity index (χ3n) is 3.71. The summed E-state index contributed by atoms with van der Waals surface area (Å²) in [6.45, 7) is 6.18. The molecule has 0 aliphatic carbocycles. The van der Waals surface area contributed by atoms with Gasteiger partial charge in [-0.15, -0.1) is 0 Å². The Morgan fingerprint density at radius 3 is 2.56 bits per heavy atom. The van der Waals surface area contributed by atoms with Crippen LogP contribution in [0.1, 0.15) is 18.4 Å². The van der Waals surface area contributed by atoms with Gasteiger partial charge >= 0.3 is 0 Å². The first-order chi connectivity index (χ1) is 8.76. The van der Waals surface area contributed by atoms with Gasteiger partial charge in [0.25, 0.3) is 0 Å². The van der Waals surface area contributed by atoms with Crippen LogP contribution in [-0.2, 0) is 4.74 Å². The number of piperidine rings is 1. The molecule has 2 heterocycles. The lowest BCUT2D eigenvalue weighted by molar-refractivity contribution is -0.0434. The first-order valence-electron chi connectivity index (χ1n) is 6.64. The summed E-state index contributed by atoms with van der Waals surface area (Å²) < 4.78 is 8.29. The van der Waals surface area contributed by atoms with Crippen LogP contribution >= 0.6 is 11.9 Å². The Balaban J connectivity index is 1.55. The maximum absolute atomic E-state index is 5.85. The molecule has 3 rings (SSSR count). The number of aryl methyl sites for hydroxylation is 1. The zero-order valence-corrected chi connectivity index (χ0v) is 11.6. The highest BCUT2D eigenvalue weighted by atomic mass is 32.2. The van der Waals surface area contributed by atoms with Gasteiger partial charge in [0.2, 0.25) is 0 Å². The Hall–Kier alpha value is -0.550. The van der Waals surface area contributed by atoms with Gasteiger partial charge in [0, 0.05) is 37.4 Å². The van der Waals surface area contributed by atoms with E-state index in [1.807, 2.05) is 11.9 Å². The van der Waals surface area contributed by atoms with Crippen LogP contribution in [0.15, 0.2) is 29.2 Å². The Morgan fingerprint density at radius 1 is 1.22 bits per heavy atom. The molecule has 1 N–H and O–H groups in total. The third kappa shape index (κ3) is 2.72. The van der Waals surface area contributed by atoms with Crippen LogP contribution in [0.3, 0.4) is 0 Å². The lowest BCUT2D eigenvalue weighted by Crippen LogP contribution is -2.49. The van der Waals surface area contributed by atoms with E-state index in [1.54, 1.807) is 0 Å². The van der Waals surface area contributed by atoms with E-state index in [1.165, 1.54) is 10.5 Å². The topological polar surface area (TPSA) is 24.5 Å². The van der Waals surface area contributed by atoms with E-state index >= 15 is 0 Å². The van der Waals surface area contributed by atoms with Crippen molar-refractivity contribution in [3.8, 4) is 0 Å². The van der Waals surface area contributed by atoms with Crippen molar-refractivity contribution in [1.82, 2.24) is 9.62 Å². The van der Waals surface area contributed by atoms with Crippen LogP contribution in [0.2, 0.25) is 0 Å². The highest BCUT2D eigenvalue weighted by Crippen LogP contribution is 2.32. The lowest BCUT2D eigenvalue weighted by Gasteiger charge is -2.37. The summed E-state index contributed by atoms with van der Waals surface area (Å²) >= 11 is 1.87. The maximum Gasteiger partial charge on any atom is 0.121 e. The molecule has 0 bridgehead atoms. The standard InChI is InChI=1S/C14H20N2OS/c1-12-2-4-13(5-3-12)18-16-9-6-14(7-10-16)15-8-11-17-14/h2-5,15H,6-11H2,1H3. The molecule has 0 amide bonds. The van der Waals surface area contributed by atoms with Gasteiger partial charge in [-0.25, -0.2) is 4.31 Å². The van der Waals surface area contributed by atoms with Crippen molar-refractivity contribution >= 4 is 11.9 Å². The Morgan fingerprint density at radius 2 is 1.94 bits per heavy atom. The number of rotatable bonds is 2. The van der Waals surface area contributed by atoms with Crippen LogP contribution in [0.5, 0.6) is 0 Å². The molecule has 1 aromatic rings. The van der Waals surface area contributed by atoms with E-state index in [4.69, 9.17) is 4.74 Å². The van der Waals surface area contributed by atoms with E-state index in [2.05, 4.69) is 40.8 Å². The predicted octanol–water partition coefficient (Wildman–Crippen LogP) is 2.41. The molecule has 1 aromatic carbocycles. The van der Waals surface area contributed by atoms with Crippen LogP contribution in [0, 0.1) is 6.92 Å². The zero-order chi connectivity index (χ0) is 12.4. The molecule has 98 valence electrons. The SMILES string of the molecule is Cc1ccc(SN2CCC3(CC2)NCCO3)cc1. The van der Waals surface area contributed by atoms with Crippen molar-refractivity contribution in [1.29, 1.82) is 0 Å². The van der Waals surface area contributed by atoms with E-state index in [-0.39, 0.29) is 5.72 Å². The van der Waals surface area contributed by atoms with Crippen LogP contribution in [0.4, 0.5) is 0 Å². The normalized spacial score (nSPS) is 23.6. The molecule has 0 saturated carbocycles. The minimum Gasteiger partial charge on any atom is -0.359 e. The molecule has 0 aromatic heterocycles. The van der Waals surface area contributed by atoms with Gasteiger partial charge in [-0.05, 0) is 31.0 Å². The van der Waals surface area contributed by atoms with Gasteiger partial charge < -0.3 is 4.74 Å². The highest BCUT2D eigenvalue weighted by Gasteiger charge is 2.38. The number of ether oxygens (including phenoxy) is 1. The summed E-state index contributed by atoms with van der Waals surface area (Å²) in [6.07, 6.45) is 2.18. The van der Waals surface area contributed by atoms with E-state index < -0.39 is 0 Å². The molecule has 0 unspecified atom stereocenters. The third-order valence-corrected chi connectivity index (χ3v) is 4.82. The van der Waals surface area contributed by atoms with Gasteiger partial charge in [0.15, 0.2) is 0 Å². The predicted molar refractivity (Wildman–Crippen MR) is 74.5 cm³/mol. The smallest absolute Gasteiger partial charge is 0.121 e. The van der Waals surface area contributed by atoms with E-state index in [9.17, 15) is 0 Å². The molecule has 2 aliphatic heterocycles. The summed E-state index contributed by atoms with van der Waals surface area (Å²) in [4.78, 5) is 1.33. The van der Waals surface area contributed by atoms with Crippen molar-refractivity contribution in [2.75, 3.05) is 26.2 Å². The van der Waals surface area contributed by atoms with E-state index in [0.717, 1.165) is 39.1 Å². The fraction of sp³-hybridized carbons (Fsp3) is 0.571. The fourth-order valence-electron chi connectivity index (χ4n) is 2.58. The summed E-state index contributed by atoms with van der Waals surface area (Å²) in [5.74, 6) is 0. The van der Waals surface area contributed by atoms with Crippen LogP contribution in [-0.4, -0.2) is 36.3 Å². The van der Waals surface area contributed by atoms with Crippen molar-refractivity contribution < 1.29 is 4.74 Å². The molecular weight excluding hydrogens is 244 g/mol. The molecular formula is C14H20N2OS. The number of nitrogens with one attached hydrogen (secondary N) is 1. The minimum absolute atomic E-state index is 0.00959. The van der Waals surface area contributed by atoms with Crippen molar-refractivity contribution in [3.63, 3.8) is 0 Å². The highest BCUT2D eigenvalue weighted by molar-refractivity contribution is 7.97. The molecule has 4 heteroatoms. The average molecular weight is 264 g/mol. The second-order valence-electron chi connectivity index (χ2n) is 5.10. The molecule has 0 radical (unpaired) electrons. The Kier molecular flexibility index (Phi) is 3.61. The fourth-order valence-corrected chi connectivity index (χ4v) is 3.51. The van der Waals surface area contributed by atoms with Crippen LogP contribution in [0.25, 0.3) is 0 Å². The molecule has 18 heavy (non-hydrogen) atoms. The summed E-state index contributed by atoms with van der Waals surface area (Å²) in [5.41, 5.74) is 1.31. The molecule has 2 fully saturated rings. The van der Waals surface area contributed by atoms with Gasteiger partial charge in [-0.1, -0.05) is 17.7 Å². The monoisotopic (exact) mass is 264 g/mol. The van der Waals surface area contributed by atoms with Crippen molar-refractivity contribution in [2.24, 2.45) is 0 Å². The molecule has 2 saturated heterocycles. The minimum atomic E-state index is -0.00959. The Bertz CT molecular complexity index is 391. The second-order valence-corrected chi connectivity index (χ2v) is 6.27. The van der Waals surface area contributed by atoms with Crippen LogP contribution < -0.4 is 5.32 Å². The number of nitrogens with zero attached hydrogens (tertiary/aromatic N) is 1. The first kappa shape index (κ1) is 12.5. The van der Waals surface area contributed by atoms with Gasteiger partial charge in [-0.3, -0.25) is 5.32 Å². The molecule has 2 aliphatic rings. The van der Waals surface area contributed by atoms with Gasteiger partial charge in [-0.2, -0.15) is 0 Å². The second kappa shape index (κ2) is 5.21. The quantitative estimate of drug-likeness (QED) is 0.829. The Labute approximate surface area is 113 Å². The van der Waals surface area contributed by atoms with Crippen molar-refractivity contribution in [3.05, 3.63) is 29.8 Å². The molecule has 3 nitrogen and oxygen atoms in total. The number of benzene rings is 1. The van der Waals surface area contributed by atoms with Crippen molar-refractivity contribution in [2.45, 2.75) is 30.4 Å². The number of hydrogen-bond acceptors (Lipinski definition) is 4. The van der Waals surface area contributed by atoms with Gasteiger partial charge in [0.1, 0.15) is 5.72 Å². The molecule has 0 atom stereocenters. The van der Waals surface area contributed by atoms with Gasteiger partial charge in [0.05, 0.1) is 6.61 Å². The summed E-state index contributed by atoms with van der Waals surface area (Å²) in [7, 11) is 0. The maximum atomic E-state index is 5.85. The zero-order valence-electron chi connectivity index (χ0n) is 10.8. The average Bonchev–Trinajstić information content (AvgIpc) is 2.84. The molecule has 1 spiro atoms. The largest absolute Gasteiger partial charge is 0.359 e. The number of hydrogen-bond donors (Lipinski definition) is 1. The first-order valence-corrected chi connectivity index (χ1v) is 7.42. The summed E-state index contributed by atoms with van der Waals surface area (Å²) in [6, 6.07) is 8.76. The lowest BCUT2D eigenvalue weighted by atomic mass is 10.0. The summed E-state index contributed by atoms with van der Waals surface area (Å²) in [5, 5.41) is 3.51.